The van der Waals surface area contributed by atoms with Gasteiger partial charge in [-0.25, -0.2) is 0 Å². The minimum atomic E-state index is -0.0921. The summed E-state index contributed by atoms with van der Waals surface area (Å²) in [5.41, 5.74) is 2.50. The second-order valence-corrected chi connectivity index (χ2v) is 4.74. The zero-order valence-electron chi connectivity index (χ0n) is 11.9. The summed E-state index contributed by atoms with van der Waals surface area (Å²) < 4.78 is 16.4. The van der Waals surface area contributed by atoms with E-state index >= 15 is 0 Å². The van der Waals surface area contributed by atoms with Crippen molar-refractivity contribution in [1.29, 1.82) is 0 Å². The van der Waals surface area contributed by atoms with E-state index in [9.17, 15) is 0 Å². The lowest BCUT2D eigenvalue weighted by atomic mass is 9.98. The molecule has 4 heteroatoms. The Kier molecular flexibility index (Phi) is 5.19. The van der Waals surface area contributed by atoms with Gasteiger partial charge < -0.3 is 19.5 Å². The van der Waals surface area contributed by atoms with Gasteiger partial charge in [0.05, 0.1) is 20.3 Å². The van der Waals surface area contributed by atoms with Crippen molar-refractivity contribution in [2.75, 3.05) is 26.9 Å². The summed E-state index contributed by atoms with van der Waals surface area (Å²) in [6.07, 6.45) is 0.742. The molecule has 1 aliphatic heterocycles. The van der Waals surface area contributed by atoms with Gasteiger partial charge in [-0.3, -0.25) is 0 Å². The summed E-state index contributed by atoms with van der Waals surface area (Å²) in [6.45, 7) is 6.54. The van der Waals surface area contributed by atoms with Crippen molar-refractivity contribution in [2.24, 2.45) is 0 Å². The highest BCUT2D eigenvalue weighted by molar-refractivity contribution is 5.36. The van der Waals surface area contributed by atoms with E-state index in [1.165, 1.54) is 11.1 Å². The monoisotopic (exact) mass is 265 g/mol. The molecule has 1 heterocycles. The first-order chi connectivity index (χ1) is 9.24. The summed E-state index contributed by atoms with van der Waals surface area (Å²) in [7, 11) is 1.69. The van der Waals surface area contributed by atoms with Crippen molar-refractivity contribution in [1.82, 2.24) is 5.32 Å². The molecule has 0 spiro atoms. The van der Waals surface area contributed by atoms with E-state index in [0.717, 1.165) is 18.7 Å². The molecule has 0 bridgehead atoms. The molecule has 19 heavy (non-hydrogen) atoms. The average Bonchev–Trinajstić information content (AvgIpc) is 2.91. The van der Waals surface area contributed by atoms with Crippen molar-refractivity contribution in [3.63, 3.8) is 0 Å². The van der Waals surface area contributed by atoms with Gasteiger partial charge in [-0.1, -0.05) is 13.0 Å². The zero-order valence-corrected chi connectivity index (χ0v) is 11.9. The predicted molar refractivity (Wildman–Crippen MR) is 74.5 cm³/mol. The number of aryl methyl sites for hydroxylation is 1. The molecule has 1 fully saturated rings. The van der Waals surface area contributed by atoms with Gasteiger partial charge in [0.25, 0.3) is 0 Å². The molecule has 0 saturated carbocycles. The average molecular weight is 265 g/mol. The van der Waals surface area contributed by atoms with Crippen LogP contribution in [0, 0.1) is 6.92 Å². The second kappa shape index (κ2) is 6.89. The Labute approximate surface area is 115 Å². The van der Waals surface area contributed by atoms with E-state index < -0.39 is 0 Å². The van der Waals surface area contributed by atoms with Gasteiger partial charge in [0.1, 0.15) is 5.75 Å². The van der Waals surface area contributed by atoms with Crippen LogP contribution in [0.4, 0.5) is 0 Å². The molecule has 1 saturated heterocycles. The third-order valence-electron chi connectivity index (χ3n) is 3.42. The molecule has 1 N–H and O–H groups in total. The van der Waals surface area contributed by atoms with Crippen molar-refractivity contribution in [2.45, 2.75) is 32.6 Å². The van der Waals surface area contributed by atoms with Gasteiger partial charge in [0.15, 0.2) is 6.29 Å². The fourth-order valence-corrected chi connectivity index (χ4v) is 2.47. The van der Waals surface area contributed by atoms with Crippen LogP contribution in [0.5, 0.6) is 5.75 Å². The molecule has 1 aromatic rings. The molecule has 0 aliphatic carbocycles. The van der Waals surface area contributed by atoms with Crippen LogP contribution in [0.2, 0.25) is 0 Å². The Morgan fingerprint density at radius 2 is 2.11 bits per heavy atom. The van der Waals surface area contributed by atoms with Crippen molar-refractivity contribution >= 4 is 0 Å². The molecular weight excluding hydrogens is 242 g/mol. The highest BCUT2D eigenvalue weighted by atomic mass is 16.7. The SMILES string of the molecule is CCNC(CC1OCCO1)c1ccc(OC)cc1C. The van der Waals surface area contributed by atoms with E-state index in [2.05, 4.69) is 31.3 Å². The third-order valence-corrected chi connectivity index (χ3v) is 3.42. The Balaban J connectivity index is 2.12. The first-order valence-electron chi connectivity index (χ1n) is 6.85. The third kappa shape index (κ3) is 3.69. The maximum atomic E-state index is 5.55. The zero-order chi connectivity index (χ0) is 13.7. The normalized spacial score (nSPS) is 17.6. The van der Waals surface area contributed by atoms with Crippen LogP contribution in [0.25, 0.3) is 0 Å². The van der Waals surface area contributed by atoms with Gasteiger partial charge in [0, 0.05) is 12.5 Å². The van der Waals surface area contributed by atoms with Gasteiger partial charge in [0.2, 0.25) is 0 Å². The maximum Gasteiger partial charge on any atom is 0.159 e. The van der Waals surface area contributed by atoms with E-state index in [1.807, 2.05) is 6.07 Å². The lowest BCUT2D eigenvalue weighted by Crippen LogP contribution is -2.26. The van der Waals surface area contributed by atoms with Gasteiger partial charge in [-0.05, 0) is 36.7 Å². The number of methoxy groups -OCH3 is 1. The molecule has 106 valence electrons. The van der Waals surface area contributed by atoms with Crippen molar-refractivity contribution in [3.8, 4) is 5.75 Å². The van der Waals surface area contributed by atoms with E-state index in [1.54, 1.807) is 7.11 Å². The topological polar surface area (TPSA) is 39.7 Å². The summed E-state index contributed by atoms with van der Waals surface area (Å²) in [5.74, 6) is 0.893. The minimum Gasteiger partial charge on any atom is -0.497 e. The lowest BCUT2D eigenvalue weighted by molar-refractivity contribution is -0.0529. The van der Waals surface area contributed by atoms with Crippen LogP contribution in [0.3, 0.4) is 0 Å². The first-order valence-corrected chi connectivity index (χ1v) is 6.85. The Morgan fingerprint density at radius 3 is 2.68 bits per heavy atom. The van der Waals surface area contributed by atoms with Gasteiger partial charge in [-0.15, -0.1) is 0 Å². The number of rotatable bonds is 6. The quantitative estimate of drug-likeness (QED) is 0.857. The predicted octanol–water partition coefficient (Wildman–Crippen LogP) is 2.42. The fraction of sp³-hybridized carbons (Fsp3) is 0.600. The van der Waals surface area contributed by atoms with E-state index in [4.69, 9.17) is 14.2 Å². The molecule has 0 aromatic heterocycles. The Bertz CT molecular complexity index is 402. The fourth-order valence-electron chi connectivity index (χ4n) is 2.47. The highest BCUT2D eigenvalue weighted by Gasteiger charge is 2.23. The molecule has 1 aromatic carbocycles. The Hall–Kier alpha value is -1.10. The summed E-state index contributed by atoms with van der Waals surface area (Å²) >= 11 is 0. The van der Waals surface area contributed by atoms with Crippen molar-refractivity contribution < 1.29 is 14.2 Å². The molecule has 0 amide bonds. The second-order valence-electron chi connectivity index (χ2n) is 4.74. The standard InChI is InChI=1S/C15H23NO3/c1-4-16-14(10-15-18-7-8-19-15)13-6-5-12(17-3)9-11(13)2/h5-6,9,14-16H,4,7-8,10H2,1-3H3. The number of hydrogen-bond donors (Lipinski definition) is 1. The summed E-state index contributed by atoms with van der Waals surface area (Å²) in [4.78, 5) is 0. The molecule has 1 unspecified atom stereocenters. The van der Waals surface area contributed by atoms with Crippen LogP contribution in [-0.4, -0.2) is 33.2 Å². The Morgan fingerprint density at radius 1 is 1.37 bits per heavy atom. The van der Waals surface area contributed by atoms with E-state index in [-0.39, 0.29) is 12.3 Å². The highest BCUT2D eigenvalue weighted by Crippen LogP contribution is 2.27. The number of ether oxygens (including phenoxy) is 3. The molecule has 1 aliphatic rings. The van der Waals surface area contributed by atoms with Crippen LogP contribution in [-0.2, 0) is 9.47 Å². The van der Waals surface area contributed by atoms with Crippen LogP contribution < -0.4 is 10.1 Å². The van der Waals surface area contributed by atoms with E-state index in [0.29, 0.717) is 13.2 Å². The largest absolute Gasteiger partial charge is 0.497 e. The van der Waals surface area contributed by atoms with Gasteiger partial charge >= 0.3 is 0 Å². The number of nitrogens with one attached hydrogen (secondary N) is 1. The molecule has 2 rings (SSSR count). The smallest absolute Gasteiger partial charge is 0.159 e. The minimum absolute atomic E-state index is 0.0921. The van der Waals surface area contributed by atoms with Gasteiger partial charge in [-0.2, -0.15) is 0 Å². The number of benzene rings is 1. The maximum absolute atomic E-state index is 5.55. The summed E-state index contributed by atoms with van der Waals surface area (Å²) in [5, 5.41) is 3.50. The van der Waals surface area contributed by atoms with Crippen molar-refractivity contribution in [3.05, 3.63) is 29.3 Å². The molecule has 1 atom stereocenters. The molecule has 0 radical (unpaired) electrons. The molecular formula is C15H23NO3. The molecule has 4 nitrogen and oxygen atoms in total. The van der Waals surface area contributed by atoms with Crippen LogP contribution >= 0.6 is 0 Å². The first kappa shape index (κ1) is 14.3. The lowest BCUT2D eigenvalue weighted by Gasteiger charge is -2.23. The van der Waals surface area contributed by atoms with Crippen LogP contribution in [0.1, 0.15) is 30.5 Å². The number of hydrogen-bond acceptors (Lipinski definition) is 4. The van der Waals surface area contributed by atoms with Crippen LogP contribution in [0.15, 0.2) is 18.2 Å². The summed E-state index contributed by atoms with van der Waals surface area (Å²) in [6, 6.07) is 6.44.